The highest BCUT2D eigenvalue weighted by Gasteiger charge is 2.27. The summed E-state index contributed by atoms with van der Waals surface area (Å²) in [4.78, 5) is 41.1. The molecule has 51 heavy (non-hydrogen) atoms. The van der Waals surface area contributed by atoms with Crippen molar-refractivity contribution in [3.8, 4) is 39.4 Å². The maximum Gasteiger partial charge on any atom is 0.310 e. The summed E-state index contributed by atoms with van der Waals surface area (Å²) in [5, 5.41) is 24.4. The molecular formula is C37H39Cl2N7O5. The summed E-state index contributed by atoms with van der Waals surface area (Å²) in [6.45, 7) is 4.85. The highest BCUT2D eigenvalue weighted by Crippen LogP contribution is 2.42. The van der Waals surface area contributed by atoms with Gasteiger partial charge < -0.3 is 25.8 Å². The first-order valence-corrected chi connectivity index (χ1v) is 17.3. The maximum atomic E-state index is 13.3. The molecule has 0 saturated carbocycles. The average molecular weight is 733 g/mol. The van der Waals surface area contributed by atoms with Crippen LogP contribution in [0, 0.1) is 5.41 Å². The van der Waals surface area contributed by atoms with Gasteiger partial charge in [-0.05, 0) is 32.4 Å². The second-order valence-corrected chi connectivity index (χ2v) is 14.0. The molecule has 1 aliphatic heterocycles. The van der Waals surface area contributed by atoms with Crippen molar-refractivity contribution in [2.45, 2.75) is 45.8 Å². The van der Waals surface area contributed by atoms with Gasteiger partial charge in [-0.1, -0.05) is 65.7 Å². The number of nitrogens with one attached hydrogen (secondary N) is 3. The van der Waals surface area contributed by atoms with Crippen LogP contribution in [0.4, 0.5) is 0 Å². The Labute approximate surface area is 304 Å². The zero-order valence-corrected chi connectivity index (χ0v) is 30.2. The average Bonchev–Trinajstić information content (AvgIpc) is 3.73. The van der Waals surface area contributed by atoms with Crippen LogP contribution in [0.1, 0.15) is 38.1 Å². The number of nitrogens with zero attached hydrogens (tertiary/aromatic N) is 4. The number of ether oxygens (including phenoxy) is 1. The Morgan fingerprint density at radius 3 is 2.37 bits per heavy atom. The van der Waals surface area contributed by atoms with Gasteiger partial charge in [0.05, 0.1) is 34.8 Å². The first kappa shape index (κ1) is 36.1. The minimum absolute atomic E-state index is 0.0839. The van der Waals surface area contributed by atoms with Crippen molar-refractivity contribution in [1.82, 2.24) is 35.1 Å². The Bertz CT molecular complexity index is 2200. The van der Waals surface area contributed by atoms with E-state index in [-0.39, 0.29) is 30.6 Å². The van der Waals surface area contributed by atoms with Crippen LogP contribution in [0.3, 0.4) is 0 Å². The van der Waals surface area contributed by atoms with Crippen molar-refractivity contribution in [3.63, 3.8) is 0 Å². The van der Waals surface area contributed by atoms with Gasteiger partial charge in [-0.15, -0.1) is 0 Å². The van der Waals surface area contributed by atoms with E-state index in [0.717, 1.165) is 12.0 Å². The molecule has 12 nitrogen and oxygen atoms in total. The van der Waals surface area contributed by atoms with Gasteiger partial charge in [0.15, 0.2) is 0 Å². The number of halogens is 2. The molecule has 1 fully saturated rings. The molecule has 0 bridgehead atoms. The molecule has 1 atom stereocenters. The van der Waals surface area contributed by atoms with Crippen LogP contribution >= 0.6 is 23.2 Å². The van der Waals surface area contributed by atoms with E-state index in [9.17, 15) is 19.5 Å². The Balaban J connectivity index is 1.26. The molecule has 2 aromatic carbocycles. The number of amides is 1. The lowest BCUT2D eigenvalue weighted by Crippen LogP contribution is -2.37. The predicted molar refractivity (Wildman–Crippen MR) is 197 cm³/mol. The van der Waals surface area contributed by atoms with E-state index in [4.69, 9.17) is 32.9 Å². The number of aliphatic carboxylic acids is 1. The minimum atomic E-state index is -0.975. The largest absolute Gasteiger partial charge is 0.481 e. The zero-order valence-electron chi connectivity index (χ0n) is 28.7. The van der Waals surface area contributed by atoms with E-state index < -0.39 is 11.4 Å². The van der Waals surface area contributed by atoms with Gasteiger partial charge in [-0.3, -0.25) is 19.0 Å². The molecule has 0 spiro atoms. The number of methoxy groups -OCH3 is 1. The van der Waals surface area contributed by atoms with Crippen molar-refractivity contribution in [2.75, 3.05) is 20.2 Å². The zero-order chi connectivity index (χ0) is 36.4. The molecule has 5 aromatic rings. The van der Waals surface area contributed by atoms with Crippen LogP contribution in [-0.2, 0) is 29.7 Å². The van der Waals surface area contributed by atoms with Crippen LogP contribution in [-0.4, -0.2) is 62.4 Å². The highest BCUT2D eigenvalue weighted by molar-refractivity contribution is 6.39. The van der Waals surface area contributed by atoms with Gasteiger partial charge in [-0.2, -0.15) is 5.10 Å². The van der Waals surface area contributed by atoms with Crippen LogP contribution in [0.15, 0.2) is 65.6 Å². The molecule has 4 heterocycles. The quantitative estimate of drug-likeness (QED) is 0.126. The van der Waals surface area contributed by atoms with Crippen molar-refractivity contribution >= 4 is 40.6 Å². The second-order valence-electron chi connectivity index (χ2n) is 13.3. The summed E-state index contributed by atoms with van der Waals surface area (Å²) in [6.07, 6.45) is 3.13. The van der Waals surface area contributed by atoms with Gasteiger partial charge in [0.2, 0.25) is 11.8 Å². The number of fused-ring (bicyclic) bond motifs is 1. The topological polar surface area (TPSA) is 152 Å². The van der Waals surface area contributed by atoms with Crippen LogP contribution in [0.5, 0.6) is 5.88 Å². The van der Waals surface area contributed by atoms with Gasteiger partial charge in [0.1, 0.15) is 11.3 Å². The SMILES string of the molecule is COc1nc(-c2cccc(-c3cccc(-c4cc5c(=O)n(C)c(CNCC(C)(C)C(=O)O)nn5c4)c3Cl)c2Cl)ccc1CNC[C@@H]1CCC(=O)N1. The number of rotatable bonds is 13. The maximum absolute atomic E-state index is 13.3. The van der Waals surface area contributed by atoms with Crippen LogP contribution in [0.2, 0.25) is 10.0 Å². The molecule has 1 amide bonds. The fourth-order valence-electron chi connectivity index (χ4n) is 6.08. The fourth-order valence-corrected chi connectivity index (χ4v) is 6.74. The molecule has 4 N–H and O–H groups in total. The van der Waals surface area contributed by atoms with Crippen molar-refractivity contribution in [2.24, 2.45) is 12.5 Å². The predicted octanol–water partition coefficient (Wildman–Crippen LogP) is 5.31. The number of benzene rings is 2. The lowest BCUT2D eigenvalue weighted by molar-refractivity contribution is -0.146. The normalized spacial score (nSPS) is 14.6. The summed E-state index contributed by atoms with van der Waals surface area (Å²) in [7, 11) is 3.21. The standard InChI is InChI=1S/C37H39Cl2N7O5/c1-37(2,36(49)50)20-41-18-30-44-46-19-22(15-29(46)35(48)45(30)3)24-7-5-8-25(32(24)38)26-9-6-10-27(33(26)39)28-13-11-21(34(43-28)51-4)16-40-17-23-12-14-31(47)42-23/h5-11,13,15,19,23,40-41H,12,14,16-18,20H2,1-4H3,(H,42,47)(H,49,50)/t23-/m0/s1. The second kappa shape index (κ2) is 14.8. The van der Waals surface area contributed by atoms with Gasteiger partial charge in [0, 0.05) is 78.7 Å². The molecule has 14 heteroatoms. The minimum Gasteiger partial charge on any atom is -0.481 e. The molecule has 1 saturated heterocycles. The third-order valence-electron chi connectivity index (χ3n) is 9.16. The first-order chi connectivity index (χ1) is 24.4. The molecule has 6 rings (SSSR count). The van der Waals surface area contributed by atoms with Gasteiger partial charge >= 0.3 is 5.97 Å². The fraction of sp³-hybridized carbons (Fsp3) is 0.324. The van der Waals surface area contributed by atoms with E-state index in [0.29, 0.717) is 80.3 Å². The third-order valence-corrected chi connectivity index (χ3v) is 9.98. The smallest absolute Gasteiger partial charge is 0.310 e. The Morgan fingerprint density at radius 1 is 1.02 bits per heavy atom. The molecule has 1 aliphatic rings. The summed E-state index contributed by atoms with van der Waals surface area (Å²) >= 11 is 14.2. The first-order valence-electron chi connectivity index (χ1n) is 16.5. The number of aromatic nitrogens is 4. The van der Waals surface area contributed by atoms with Crippen LogP contribution in [0.25, 0.3) is 39.0 Å². The number of carbonyl (C=O) groups is 2. The Morgan fingerprint density at radius 2 is 1.71 bits per heavy atom. The number of carbonyl (C=O) groups excluding carboxylic acids is 1. The number of carboxylic acid groups (broad SMARTS) is 1. The highest BCUT2D eigenvalue weighted by atomic mass is 35.5. The third kappa shape index (κ3) is 7.50. The molecule has 3 aromatic heterocycles. The summed E-state index contributed by atoms with van der Waals surface area (Å²) in [6, 6.07) is 17.1. The Kier molecular flexibility index (Phi) is 10.5. The van der Waals surface area contributed by atoms with Crippen LogP contribution < -0.4 is 26.2 Å². The molecule has 0 radical (unpaired) electrons. The number of hydrogen-bond donors (Lipinski definition) is 4. The van der Waals surface area contributed by atoms with Gasteiger partial charge in [-0.25, -0.2) is 9.50 Å². The number of carboxylic acids is 1. The van der Waals surface area contributed by atoms with E-state index in [1.807, 2.05) is 48.5 Å². The van der Waals surface area contributed by atoms with E-state index >= 15 is 0 Å². The van der Waals surface area contributed by atoms with Crippen molar-refractivity contribution in [3.05, 3.63) is 92.6 Å². The lowest BCUT2D eigenvalue weighted by atomic mass is 9.94. The molecular weight excluding hydrogens is 693 g/mol. The lowest BCUT2D eigenvalue weighted by Gasteiger charge is -2.19. The number of hydrogen-bond acceptors (Lipinski definition) is 8. The Hall–Kier alpha value is -4.75. The summed E-state index contributed by atoms with van der Waals surface area (Å²) in [5.74, 6) is 0.0899. The molecule has 266 valence electrons. The van der Waals surface area contributed by atoms with E-state index in [2.05, 4.69) is 21.0 Å². The number of pyridine rings is 1. The van der Waals surface area contributed by atoms with E-state index in [1.54, 1.807) is 40.3 Å². The van der Waals surface area contributed by atoms with E-state index in [1.165, 1.54) is 9.08 Å². The van der Waals surface area contributed by atoms with Crippen molar-refractivity contribution < 1.29 is 19.4 Å². The summed E-state index contributed by atoms with van der Waals surface area (Å²) in [5.41, 5.74) is 4.17. The molecule has 0 aliphatic carbocycles. The van der Waals surface area contributed by atoms with Crippen molar-refractivity contribution in [1.29, 1.82) is 0 Å². The molecule has 0 unspecified atom stereocenters. The van der Waals surface area contributed by atoms with Gasteiger partial charge in [0.25, 0.3) is 5.56 Å². The monoisotopic (exact) mass is 731 g/mol. The summed E-state index contributed by atoms with van der Waals surface area (Å²) < 4.78 is 8.61.